The van der Waals surface area contributed by atoms with Crippen LogP contribution in [-0.4, -0.2) is 37.2 Å². The lowest BCUT2D eigenvalue weighted by Crippen LogP contribution is -2.30. The summed E-state index contributed by atoms with van der Waals surface area (Å²) in [7, 11) is 0. The highest BCUT2D eigenvalue weighted by atomic mass is 16.6. The Morgan fingerprint density at radius 2 is 0.514 bits per heavy atom. The number of unbranched alkanes of at least 4 members (excludes halogenated alkanes) is 40. The Bertz CT molecular complexity index is 1170. The molecule has 70 heavy (non-hydrogen) atoms. The minimum absolute atomic E-state index is 0.0740. The van der Waals surface area contributed by atoms with Gasteiger partial charge in [-0.15, -0.1) is 0 Å². The Hall–Kier alpha value is -2.37. The molecule has 0 saturated heterocycles. The fourth-order valence-electron chi connectivity index (χ4n) is 9.18. The van der Waals surface area contributed by atoms with E-state index >= 15 is 0 Å². The van der Waals surface area contributed by atoms with Gasteiger partial charge < -0.3 is 14.2 Å². The fourth-order valence-corrected chi connectivity index (χ4v) is 9.18. The molecule has 0 radical (unpaired) electrons. The van der Waals surface area contributed by atoms with Crippen LogP contribution in [0.3, 0.4) is 0 Å². The number of ether oxygens (including phenoxy) is 3. The van der Waals surface area contributed by atoms with E-state index in [2.05, 4.69) is 57.2 Å². The van der Waals surface area contributed by atoms with E-state index in [1.54, 1.807) is 0 Å². The van der Waals surface area contributed by atoms with Crippen molar-refractivity contribution in [2.24, 2.45) is 0 Å². The summed E-state index contributed by atoms with van der Waals surface area (Å²) in [4.78, 5) is 38.2. The molecule has 1 unspecified atom stereocenters. The third kappa shape index (κ3) is 56.5. The highest BCUT2D eigenvalue weighted by molar-refractivity contribution is 5.71. The summed E-state index contributed by atoms with van der Waals surface area (Å²) in [5.74, 6) is -0.868. The smallest absolute Gasteiger partial charge is 0.306 e. The average molecular weight is 984 g/mol. The largest absolute Gasteiger partial charge is 0.462 e. The molecule has 1 atom stereocenters. The molecule has 410 valence electrons. The summed E-state index contributed by atoms with van der Waals surface area (Å²) >= 11 is 0. The molecule has 0 aliphatic rings. The van der Waals surface area contributed by atoms with Gasteiger partial charge in [-0.25, -0.2) is 0 Å². The highest BCUT2D eigenvalue weighted by Gasteiger charge is 2.19. The van der Waals surface area contributed by atoms with E-state index in [4.69, 9.17) is 14.2 Å². The highest BCUT2D eigenvalue weighted by Crippen LogP contribution is 2.17. The van der Waals surface area contributed by atoms with Gasteiger partial charge in [0.15, 0.2) is 6.10 Å². The molecule has 0 fully saturated rings. The molecule has 0 aromatic rings. The van der Waals surface area contributed by atoms with Crippen molar-refractivity contribution in [3.05, 3.63) is 36.5 Å². The molecular formula is C64H118O6. The first-order valence-electron chi connectivity index (χ1n) is 31.0. The number of hydrogen-bond donors (Lipinski definition) is 0. The predicted octanol–water partition coefficient (Wildman–Crippen LogP) is 20.8. The van der Waals surface area contributed by atoms with Crippen molar-refractivity contribution in [2.75, 3.05) is 13.2 Å². The summed E-state index contributed by atoms with van der Waals surface area (Å²) in [5, 5.41) is 0. The zero-order chi connectivity index (χ0) is 50.7. The Balaban J connectivity index is 4.28. The zero-order valence-electron chi connectivity index (χ0n) is 47.1. The number of esters is 3. The molecule has 6 heteroatoms. The third-order valence-corrected chi connectivity index (χ3v) is 13.9. The fraction of sp³-hybridized carbons (Fsp3) is 0.859. The molecule has 0 aromatic heterocycles. The van der Waals surface area contributed by atoms with Crippen LogP contribution >= 0.6 is 0 Å². The molecule has 0 bridgehead atoms. The van der Waals surface area contributed by atoms with Crippen molar-refractivity contribution < 1.29 is 28.6 Å². The van der Waals surface area contributed by atoms with Crippen LogP contribution in [-0.2, 0) is 28.6 Å². The standard InChI is InChI=1S/C64H118O6/c1-4-7-10-13-16-19-22-25-28-29-30-31-32-33-34-35-37-39-42-45-48-51-54-57-63(66)69-60-61(59-68-62(65)56-53-50-47-44-41-38-27-24-21-18-15-12-9-6-3)70-64(67)58-55-52-49-46-43-40-36-26-23-20-17-14-11-8-5-2/h17,20,26,29-30,36,61H,4-16,18-19,21-25,27-28,31-35,37-60H2,1-3H3/b20-17-,30-29-,36-26-. The van der Waals surface area contributed by atoms with Crippen LogP contribution in [0.2, 0.25) is 0 Å². The van der Waals surface area contributed by atoms with Crippen molar-refractivity contribution in [1.82, 2.24) is 0 Å². The van der Waals surface area contributed by atoms with E-state index in [1.807, 2.05) is 0 Å². The average Bonchev–Trinajstić information content (AvgIpc) is 3.36. The third-order valence-electron chi connectivity index (χ3n) is 13.9. The maximum Gasteiger partial charge on any atom is 0.306 e. The van der Waals surface area contributed by atoms with Gasteiger partial charge in [0.05, 0.1) is 0 Å². The number of carbonyl (C=O) groups is 3. The van der Waals surface area contributed by atoms with Gasteiger partial charge in [-0.2, -0.15) is 0 Å². The van der Waals surface area contributed by atoms with Gasteiger partial charge in [-0.3, -0.25) is 14.4 Å². The van der Waals surface area contributed by atoms with Crippen LogP contribution in [0.5, 0.6) is 0 Å². The second-order valence-corrected chi connectivity index (χ2v) is 21.0. The Kier molecular flexibility index (Phi) is 57.2. The van der Waals surface area contributed by atoms with Crippen molar-refractivity contribution in [1.29, 1.82) is 0 Å². The van der Waals surface area contributed by atoms with Gasteiger partial charge in [0.25, 0.3) is 0 Å². The Morgan fingerprint density at radius 3 is 0.829 bits per heavy atom. The van der Waals surface area contributed by atoms with Crippen LogP contribution in [0.25, 0.3) is 0 Å². The van der Waals surface area contributed by atoms with Crippen molar-refractivity contribution in [3.63, 3.8) is 0 Å². The quantitative estimate of drug-likeness (QED) is 0.0261. The molecule has 0 rings (SSSR count). The Labute approximate surface area is 435 Å². The summed E-state index contributed by atoms with van der Waals surface area (Å²) in [6.07, 6.45) is 71.4. The number of hydrogen-bond acceptors (Lipinski definition) is 6. The predicted molar refractivity (Wildman–Crippen MR) is 302 cm³/mol. The van der Waals surface area contributed by atoms with E-state index in [1.165, 1.54) is 212 Å². The summed E-state index contributed by atoms with van der Waals surface area (Å²) in [6, 6.07) is 0. The maximum atomic E-state index is 12.9. The van der Waals surface area contributed by atoms with Gasteiger partial charge in [0.2, 0.25) is 0 Å². The molecule has 0 aliphatic heterocycles. The second kappa shape index (κ2) is 59.2. The molecule has 0 heterocycles. The minimum atomic E-state index is -0.777. The van der Waals surface area contributed by atoms with Crippen LogP contribution in [0.4, 0.5) is 0 Å². The van der Waals surface area contributed by atoms with Crippen molar-refractivity contribution in [3.8, 4) is 0 Å². The van der Waals surface area contributed by atoms with Crippen molar-refractivity contribution in [2.45, 2.75) is 341 Å². The summed E-state index contributed by atoms with van der Waals surface area (Å²) < 4.78 is 16.9. The number of allylic oxidation sites excluding steroid dienone is 6. The van der Waals surface area contributed by atoms with E-state index in [-0.39, 0.29) is 31.1 Å². The second-order valence-electron chi connectivity index (χ2n) is 21.0. The molecule has 0 spiro atoms. The molecule has 0 N–H and O–H groups in total. The normalized spacial score (nSPS) is 12.2. The molecule has 0 saturated carbocycles. The monoisotopic (exact) mass is 983 g/mol. The van der Waals surface area contributed by atoms with Crippen LogP contribution in [0.15, 0.2) is 36.5 Å². The van der Waals surface area contributed by atoms with Crippen LogP contribution < -0.4 is 0 Å². The molecule has 0 amide bonds. The first-order valence-corrected chi connectivity index (χ1v) is 31.0. The van der Waals surface area contributed by atoms with E-state index in [9.17, 15) is 14.4 Å². The minimum Gasteiger partial charge on any atom is -0.462 e. The Morgan fingerprint density at radius 1 is 0.286 bits per heavy atom. The maximum absolute atomic E-state index is 12.9. The van der Waals surface area contributed by atoms with Gasteiger partial charge in [0.1, 0.15) is 13.2 Å². The lowest BCUT2D eigenvalue weighted by atomic mass is 10.0. The molecule has 0 aromatic carbocycles. The van der Waals surface area contributed by atoms with Gasteiger partial charge in [-0.05, 0) is 77.0 Å². The van der Waals surface area contributed by atoms with Gasteiger partial charge >= 0.3 is 17.9 Å². The molecular weight excluding hydrogens is 865 g/mol. The zero-order valence-corrected chi connectivity index (χ0v) is 47.1. The van der Waals surface area contributed by atoms with E-state index in [0.717, 1.165) is 83.5 Å². The lowest BCUT2D eigenvalue weighted by molar-refractivity contribution is -0.167. The lowest BCUT2D eigenvalue weighted by Gasteiger charge is -2.18. The van der Waals surface area contributed by atoms with Gasteiger partial charge in [0, 0.05) is 19.3 Å². The van der Waals surface area contributed by atoms with Crippen LogP contribution in [0, 0.1) is 0 Å². The number of rotatable bonds is 57. The van der Waals surface area contributed by atoms with Gasteiger partial charge in [-0.1, -0.05) is 276 Å². The molecule has 0 aliphatic carbocycles. The summed E-state index contributed by atoms with van der Waals surface area (Å²) in [6.45, 7) is 6.65. The van der Waals surface area contributed by atoms with E-state index in [0.29, 0.717) is 19.3 Å². The summed E-state index contributed by atoms with van der Waals surface area (Å²) in [5.41, 5.74) is 0. The first-order chi connectivity index (χ1) is 34.5. The SMILES string of the molecule is CCCCC/C=C\C/C=C\CCCCCCCC(=O)OC(COC(=O)CCCCCCCCCCCCC/C=C\CCCCCCCCCC)COC(=O)CCCCCCCCCCCCCCCC. The first kappa shape index (κ1) is 67.6. The molecule has 6 nitrogen and oxygen atoms in total. The van der Waals surface area contributed by atoms with E-state index < -0.39 is 6.10 Å². The number of carbonyl (C=O) groups excluding carboxylic acids is 3. The van der Waals surface area contributed by atoms with Crippen LogP contribution in [0.1, 0.15) is 335 Å². The van der Waals surface area contributed by atoms with Crippen molar-refractivity contribution >= 4 is 17.9 Å². The topological polar surface area (TPSA) is 78.9 Å².